The average molecular weight is 256 g/mol. The smallest absolute Gasteiger partial charge is 0.0743 e. The molecule has 0 aromatic carbocycles. The molecule has 3 N–H and O–H groups in total. The molecule has 0 aromatic rings. The van der Waals surface area contributed by atoms with Crippen molar-refractivity contribution in [3.63, 3.8) is 0 Å². The summed E-state index contributed by atoms with van der Waals surface area (Å²) in [6.07, 6.45) is 9.23. The normalized spacial score (nSPS) is 28.0. The van der Waals surface area contributed by atoms with Gasteiger partial charge in [0.2, 0.25) is 0 Å². The minimum atomic E-state index is 0.283. The van der Waals surface area contributed by atoms with E-state index in [1.54, 1.807) is 0 Å². The van der Waals surface area contributed by atoms with Crippen molar-refractivity contribution in [3.8, 4) is 0 Å². The van der Waals surface area contributed by atoms with Crippen LogP contribution in [0.4, 0.5) is 0 Å². The Morgan fingerprint density at radius 2 is 2.06 bits per heavy atom. The van der Waals surface area contributed by atoms with Crippen molar-refractivity contribution in [2.24, 2.45) is 17.7 Å². The van der Waals surface area contributed by atoms with Crippen LogP contribution in [0.5, 0.6) is 0 Å². The molecular weight excluding hydrogens is 224 g/mol. The lowest BCUT2D eigenvalue weighted by atomic mass is 9.75. The molecule has 0 heterocycles. The first-order valence-electron chi connectivity index (χ1n) is 7.84. The van der Waals surface area contributed by atoms with Gasteiger partial charge < -0.3 is 4.74 Å². The highest BCUT2D eigenvalue weighted by Gasteiger charge is 2.32. The van der Waals surface area contributed by atoms with Gasteiger partial charge in [0.15, 0.2) is 0 Å². The van der Waals surface area contributed by atoms with Crippen molar-refractivity contribution in [2.45, 2.75) is 77.9 Å². The number of rotatable bonds is 8. The highest BCUT2D eigenvalue weighted by atomic mass is 16.5. The van der Waals surface area contributed by atoms with Crippen LogP contribution in [0.2, 0.25) is 0 Å². The van der Waals surface area contributed by atoms with Crippen LogP contribution < -0.4 is 11.3 Å². The Balaban J connectivity index is 2.60. The summed E-state index contributed by atoms with van der Waals surface area (Å²) < 4.78 is 5.92. The Bertz CT molecular complexity index is 205. The molecule has 0 radical (unpaired) electrons. The number of hydrazine groups is 1. The summed E-state index contributed by atoms with van der Waals surface area (Å²) in [6, 6.07) is 0.333. The van der Waals surface area contributed by atoms with E-state index in [1.165, 1.54) is 32.1 Å². The van der Waals surface area contributed by atoms with Crippen molar-refractivity contribution in [2.75, 3.05) is 6.61 Å². The van der Waals surface area contributed by atoms with E-state index in [4.69, 9.17) is 10.6 Å². The van der Waals surface area contributed by atoms with Crippen LogP contribution in [0, 0.1) is 11.8 Å². The van der Waals surface area contributed by atoms with Gasteiger partial charge in [-0.25, -0.2) is 0 Å². The summed E-state index contributed by atoms with van der Waals surface area (Å²) >= 11 is 0. The first-order valence-corrected chi connectivity index (χ1v) is 7.84. The third-order valence-electron chi connectivity index (χ3n) is 4.46. The van der Waals surface area contributed by atoms with Gasteiger partial charge in [-0.15, -0.1) is 0 Å². The molecule has 1 fully saturated rings. The SMILES string of the molecule is CCCC(OCC)C(NN)C1CCCC(CC)C1. The second kappa shape index (κ2) is 8.89. The maximum absolute atomic E-state index is 5.92. The van der Waals surface area contributed by atoms with Gasteiger partial charge in [0, 0.05) is 6.61 Å². The zero-order chi connectivity index (χ0) is 13.4. The third-order valence-corrected chi connectivity index (χ3v) is 4.46. The predicted molar refractivity (Wildman–Crippen MR) is 77.2 cm³/mol. The first-order chi connectivity index (χ1) is 8.76. The van der Waals surface area contributed by atoms with E-state index in [0.29, 0.717) is 12.0 Å². The van der Waals surface area contributed by atoms with Crippen molar-refractivity contribution >= 4 is 0 Å². The number of hydrogen-bond donors (Lipinski definition) is 2. The van der Waals surface area contributed by atoms with Crippen LogP contribution in [-0.2, 0) is 4.74 Å². The van der Waals surface area contributed by atoms with E-state index in [2.05, 4.69) is 26.2 Å². The second-order valence-electron chi connectivity index (χ2n) is 5.68. The van der Waals surface area contributed by atoms with Gasteiger partial charge in [-0.1, -0.05) is 39.5 Å². The summed E-state index contributed by atoms with van der Waals surface area (Å²) in [4.78, 5) is 0. The molecule has 0 bridgehead atoms. The van der Waals surface area contributed by atoms with Gasteiger partial charge in [0.1, 0.15) is 0 Å². The molecule has 0 aromatic heterocycles. The molecule has 1 saturated carbocycles. The Labute approximate surface area is 113 Å². The number of nitrogens with two attached hydrogens (primary N) is 1. The quantitative estimate of drug-likeness (QED) is 0.518. The minimum absolute atomic E-state index is 0.283. The molecule has 0 amide bonds. The summed E-state index contributed by atoms with van der Waals surface area (Å²) in [6.45, 7) is 7.39. The lowest BCUT2D eigenvalue weighted by Gasteiger charge is -2.37. The van der Waals surface area contributed by atoms with Crippen molar-refractivity contribution in [1.29, 1.82) is 0 Å². The molecule has 0 saturated heterocycles. The van der Waals surface area contributed by atoms with Crippen LogP contribution in [0.25, 0.3) is 0 Å². The lowest BCUT2D eigenvalue weighted by molar-refractivity contribution is 0.00183. The van der Waals surface area contributed by atoms with Gasteiger partial charge in [-0.3, -0.25) is 11.3 Å². The molecule has 0 aliphatic heterocycles. The monoisotopic (exact) mass is 256 g/mol. The van der Waals surface area contributed by atoms with Crippen molar-refractivity contribution < 1.29 is 4.74 Å². The first kappa shape index (κ1) is 15.9. The van der Waals surface area contributed by atoms with Crippen LogP contribution in [-0.4, -0.2) is 18.8 Å². The highest BCUT2D eigenvalue weighted by Crippen LogP contribution is 2.34. The van der Waals surface area contributed by atoms with Crippen LogP contribution in [0.15, 0.2) is 0 Å². The van der Waals surface area contributed by atoms with E-state index in [-0.39, 0.29) is 6.10 Å². The zero-order valence-corrected chi connectivity index (χ0v) is 12.5. The van der Waals surface area contributed by atoms with Gasteiger partial charge in [0.05, 0.1) is 12.1 Å². The fourth-order valence-electron chi connectivity index (χ4n) is 3.44. The number of hydrogen-bond acceptors (Lipinski definition) is 3. The molecule has 4 atom stereocenters. The fraction of sp³-hybridized carbons (Fsp3) is 1.00. The standard InChI is InChI=1S/C15H32N2O/c1-4-8-14(18-6-3)15(17-16)13-10-7-9-12(5-2)11-13/h12-15,17H,4-11,16H2,1-3H3. The fourth-order valence-corrected chi connectivity index (χ4v) is 3.44. The van der Waals surface area contributed by atoms with Gasteiger partial charge in [0.25, 0.3) is 0 Å². The largest absolute Gasteiger partial charge is 0.377 e. The van der Waals surface area contributed by atoms with Crippen molar-refractivity contribution in [1.82, 2.24) is 5.43 Å². The number of nitrogens with one attached hydrogen (secondary N) is 1. The predicted octanol–water partition coefficient (Wildman–Crippen LogP) is 3.24. The molecule has 4 unspecified atom stereocenters. The van der Waals surface area contributed by atoms with E-state index in [0.717, 1.165) is 25.4 Å². The zero-order valence-electron chi connectivity index (χ0n) is 12.5. The van der Waals surface area contributed by atoms with Gasteiger partial charge in [-0.05, 0) is 38.0 Å². The van der Waals surface area contributed by atoms with Crippen molar-refractivity contribution in [3.05, 3.63) is 0 Å². The third kappa shape index (κ3) is 4.52. The summed E-state index contributed by atoms with van der Waals surface area (Å²) in [7, 11) is 0. The Kier molecular flexibility index (Phi) is 7.87. The molecule has 18 heavy (non-hydrogen) atoms. The average Bonchev–Trinajstić information content (AvgIpc) is 2.40. The Morgan fingerprint density at radius 1 is 1.28 bits per heavy atom. The number of ether oxygens (including phenoxy) is 1. The van der Waals surface area contributed by atoms with Crippen LogP contribution in [0.1, 0.15) is 65.7 Å². The summed E-state index contributed by atoms with van der Waals surface area (Å²) in [5.41, 5.74) is 3.06. The molecule has 108 valence electrons. The van der Waals surface area contributed by atoms with E-state index < -0.39 is 0 Å². The Hall–Kier alpha value is -0.120. The molecular formula is C15H32N2O. The Morgan fingerprint density at radius 3 is 2.61 bits per heavy atom. The van der Waals surface area contributed by atoms with E-state index in [9.17, 15) is 0 Å². The summed E-state index contributed by atoms with van der Waals surface area (Å²) in [5.74, 6) is 7.41. The van der Waals surface area contributed by atoms with Crippen LogP contribution >= 0.6 is 0 Å². The maximum atomic E-state index is 5.92. The van der Waals surface area contributed by atoms with Crippen LogP contribution in [0.3, 0.4) is 0 Å². The van der Waals surface area contributed by atoms with Gasteiger partial charge >= 0.3 is 0 Å². The topological polar surface area (TPSA) is 47.3 Å². The minimum Gasteiger partial charge on any atom is -0.377 e. The molecule has 1 aliphatic carbocycles. The lowest BCUT2D eigenvalue weighted by Crippen LogP contribution is -2.51. The maximum Gasteiger partial charge on any atom is 0.0743 e. The molecule has 0 spiro atoms. The second-order valence-corrected chi connectivity index (χ2v) is 5.68. The molecule has 3 nitrogen and oxygen atoms in total. The molecule has 3 heteroatoms. The van der Waals surface area contributed by atoms with Gasteiger partial charge in [-0.2, -0.15) is 0 Å². The molecule has 1 aliphatic rings. The van der Waals surface area contributed by atoms with E-state index in [1.807, 2.05) is 0 Å². The van der Waals surface area contributed by atoms with E-state index >= 15 is 0 Å². The molecule has 1 rings (SSSR count). The summed E-state index contributed by atoms with van der Waals surface area (Å²) in [5, 5.41) is 0. The highest BCUT2D eigenvalue weighted by molar-refractivity contribution is 4.86.